The van der Waals surface area contributed by atoms with Crippen molar-refractivity contribution < 1.29 is 9.18 Å². The molecule has 20 heavy (non-hydrogen) atoms. The van der Waals surface area contributed by atoms with Crippen molar-refractivity contribution in [2.45, 2.75) is 0 Å². The van der Waals surface area contributed by atoms with E-state index in [2.05, 4.69) is 22.2 Å². The lowest BCUT2D eigenvalue weighted by Gasteiger charge is -2.07. The Labute approximate surface area is 116 Å². The van der Waals surface area contributed by atoms with Gasteiger partial charge in [-0.25, -0.2) is 4.39 Å². The number of nitrogens with zero attached hydrogens (tertiary/aromatic N) is 1. The Kier molecular flexibility index (Phi) is 4.44. The molecule has 5 heteroatoms. The van der Waals surface area contributed by atoms with Gasteiger partial charge in [0.2, 0.25) is 0 Å². The third-order valence-electron chi connectivity index (χ3n) is 2.55. The van der Waals surface area contributed by atoms with Crippen LogP contribution >= 0.6 is 0 Å². The molecule has 0 saturated heterocycles. The van der Waals surface area contributed by atoms with Gasteiger partial charge in [-0.1, -0.05) is 6.08 Å². The molecule has 0 atom stereocenters. The Morgan fingerprint density at radius 2 is 2.00 bits per heavy atom. The van der Waals surface area contributed by atoms with E-state index in [1.54, 1.807) is 24.4 Å². The smallest absolute Gasteiger partial charge is 0.274 e. The zero-order valence-electron chi connectivity index (χ0n) is 10.8. The number of benzene rings is 1. The van der Waals surface area contributed by atoms with Gasteiger partial charge in [-0.3, -0.25) is 9.78 Å². The van der Waals surface area contributed by atoms with E-state index in [9.17, 15) is 9.18 Å². The summed E-state index contributed by atoms with van der Waals surface area (Å²) in [6.07, 6.45) is 3.27. The van der Waals surface area contributed by atoms with Crippen molar-refractivity contribution in [2.75, 3.05) is 17.2 Å². The van der Waals surface area contributed by atoms with Crippen LogP contribution < -0.4 is 10.6 Å². The lowest BCUT2D eigenvalue weighted by atomic mass is 10.2. The van der Waals surface area contributed by atoms with E-state index in [0.717, 1.165) is 5.69 Å². The molecule has 102 valence electrons. The van der Waals surface area contributed by atoms with E-state index in [1.807, 2.05) is 0 Å². The summed E-state index contributed by atoms with van der Waals surface area (Å²) in [6.45, 7) is 4.21. The van der Waals surface area contributed by atoms with Crippen molar-refractivity contribution in [1.82, 2.24) is 4.98 Å². The quantitative estimate of drug-likeness (QED) is 0.822. The SMILES string of the molecule is C=CCNc1ccnc(C(=O)Nc2ccc(F)cc2)c1. The van der Waals surface area contributed by atoms with Crippen LogP contribution in [0.5, 0.6) is 0 Å². The van der Waals surface area contributed by atoms with Crippen LogP contribution in [0.25, 0.3) is 0 Å². The van der Waals surface area contributed by atoms with Crippen LogP contribution in [0.4, 0.5) is 15.8 Å². The first-order chi connectivity index (χ1) is 9.69. The first-order valence-electron chi connectivity index (χ1n) is 6.07. The predicted octanol–water partition coefficient (Wildman–Crippen LogP) is 3.07. The molecular weight excluding hydrogens is 257 g/mol. The monoisotopic (exact) mass is 271 g/mol. The first kappa shape index (κ1) is 13.7. The molecule has 2 N–H and O–H groups in total. The van der Waals surface area contributed by atoms with E-state index in [4.69, 9.17) is 0 Å². The zero-order chi connectivity index (χ0) is 14.4. The second-order valence-corrected chi connectivity index (χ2v) is 4.06. The van der Waals surface area contributed by atoms with Crippen molar-refractivity contribution in [2.24, 2.45) is 0 Å². The summed E-state index contributed by atoms with van der Waals surface area (Å²) in [5.74, 6) is -0.699. The Morgan fingerprint density at radius 1 is 1.25 bits per heavy atom. The number of anilines is 2. The average molecular weight is 271 g/mol. The Bertz CT molecular complexity index is 611. The van der Waals surface area contributed by atoms with Gasteiger partial charge in [0.15, 0.2) is 0 Å². The number of hydrogen-bond donors (Lipinski definition) is 2. The third-order valence-corrected chi connectivity index (χ3v) is 2.55. The minimum atomic E-state index is -0.350. The molecule has 0 aliphatic heterocycles. The van der Waals surface area contributed by atoms with Gasteiger partial charge in [0, 0.05) is 24.1 Å². The summed E-state index contributed by atoms with van der Waals surface area (Å²) in [5, 5.41) is 5.73. The molecule has 0 aliphatic carbocycles. The minimum Gasteiger partial charge on any atom is -0.381 e. The number of carbonyl (C=O) groups is 1. The van der Waals surface area contributed by atoms with Crippen LogP contribution in [0.3, 0.4) is 0 Å². The van der Waals surface area contributed by atoms with Gasteiger partial charge < -0.3 is 10.6 Å². The molecule has 2 rings (SSSR count). The van der Waals surface area contributed by atoms with E-state index < -0.39 is 0 Å². The molecule has 0 aliphatic rings. The lowest BCUT2D eigenvalue weighted by molar-refractivity contribution is 0.102. The molecule has 1 aromatic carbocycles. The second kappa shape index (κ2) is 6.47. The van der Waals surface area contributed by atoms with Crippen LogP contribution in [0.1, 0.15) is 10.5 Å². The molecule has 0 unspecified atom stereocenters. The predicted molar refractivity (Wildman–Crippen MR) is 77.3 cm³/mol. The third kappa shape index (κ3) is 3.65. The van der Waals surface area contributed by atoms with Crippen molar-refractivity contribution >= 4 is 17.3 Å². The maximum Gasteiger partial charge on any atom is 0.274 e. The van der Waals surface area contributed by atoms with Gasteiger partial charge in [-0.05, 0) is 36.4 Å². The zero-order valence-corrected chi connectivity index (χ0v) is 10.8. The summed E-state index contributed by atoms with van der Waals surface area (Å²) < 4.78 is 12.8. The maximum absolute atomic E-state index is 12.8. The highest BCUT2D eigenvalue weighted by atomic mass is 19.1. The highest BCUT2D eigenvalue weighted by molar-refractivity contribution is 6.03. The van der Waals surface area contributed by atoms with Crippen LogP contribution in [-0.2, 0) is 0 Å². The summed E-state index contributed by atoms with van der Waals surface area (Å²) >= 11 is 0. The normalized spacial score (nSPS) is 9.85. The number of nitrogens with one attached hydrogen (secondary N) is 2. The number of carbonyl (C=O) groups excluding carboxylic acids is 1. The van der Waals surface area contributed by atoms with Crippen LogP contribution in [0.15, 0.2) is 55.3 Å². The fourth-order valence-electron chi connectivity index (χ4n) is 1.58. The molecule has 0 radical (unpaired) electrons. The molecule has 2 aromatic rings. The van der Waals surface area contributed by atoms with Crippen molar-refractivity contribution in [3.63, 3.8) is 0 Å². The topological polar surface area (TPSA) is 54.0 Å². The summed E-state index contributed by atoms with van der Waals surface area (Å²) in [6, 6.07) is 8.96. The molecular formula is C15H14FN3O. The van der Waals surface area contributed by atoms with E-state index >= 15 is 0 Å². The van der Waals surface area contributed by atoms with Gasteiger partial charge in [-0.15, -0.1) is 6.58 Å². The highest BCUT2D eigenvalue weighted by Crippen LogP contribution is 2.12. The highest BCUT2D eigenvalue weighted by Gasteiger charge is 2.08. The van der Waals surface area contributed by atoms with E-state index in [-0.39, 0.29) is 17.4 Å². The van der Waals surface area contributed by atoms with Crippen LogP contribution in [-0.4, -0.2) is 17.4 Å². The molecule has 0 bridgehead atoms. The average Bonchev–Trinajstić information content (AvgIpc) is 2.48. The number of hydrogen-bond acceptors (Lipinski definition) is 3. The van der Waals surface area contributed by atoms with Gasteiger partial charge in [0.1, 0.15) is 11.5 Å². The number of rotatable bonds is 5. The van der Waals surface area contributed by atoms with Gasteiger partial charge in [-0.2, -0.15) is 0 Å². The standard InChI is InChI=1S/C15H14FN3O/c1-2-8-17-13-7-9-18-14(10-13)15(20)19-12-5-3-11(16)4-6-12/h2-7,9-10H,1,8H2,(H,17,18)(H,19,20). The van der Waals surface area contributed by atoms with Crippen molar-refractivity contribution in [1.29, 1.82) is 0 Å². The minimum absolute atomic E-state index is 0.281. The number of pyridine rings is 1. The lowest BCUT2D eigenvalue weighted by Crippen LogP contribution is -2.14. The largest absolute Gasteiger partial charge is 0.381 e. The molecule has 1 heterocycles. The number of amides is 1. The molecule has 1 amide bonds. The summed E-state index contributed by atoms with van der Waals surface area (Å²) in [7, 11) is 0. The van der Waals surface area contributed by atoms with Crippen molar-refractivity contribution in [3.05, 3.63) is 66.8 Å². The number of aromatic nitrogens is 1. The van der Waals surface area contributed by atoms with Gasteiger partial charge >= 0.3 is 0 Å². The summed E-state index contributed by atoms with van der Waals surface area (Å²) in [5.41, 5.74) is 1.58. The molecule has 4 nitrogen and oxygen atoms in total. The molecule has 0 saturated carbocycles. The van der Waals surface area contributed by atoms with Gasteiger partial charge in [0.05, 0.1) is 0 Å². The van der Waals surface area contributed by atoms with Crippen LogP contribution in [0.2, 0.25) is 0 Å². The first-order valence-corrected chi connectivity index (χ1v) is 6.07. The Hall–Kier alpha value is -2.69. The Balaban J connectivity index is 2.08. The maximum atomic E-state index is 12.8. The van der Waals surface area contributed by atoms with E-state index in [1.165, 1.54) is 24.3 Å². The Morgan fingerprint density at radius 3 is 2.70 bits per heavy atom. The fourth-order valence-corrected chi connectivity index (χ4v) is 1.58. The molecule has 0 fully saturated rings. The van der Waals surface area contributed by atoms with Gasteiger partial charge in [0.25, 0.3) is 5.91 Å². The summed E-state index contributed by atoms with van der Waals surface area (Å²) in [4.78, 5) is 16.0. The van der Waals surface area contributed by atoms with E-state index in [0.29, 0.717) is 12.2 Å². The molecule has 0 spiro atoms. The fraction of sp³-hybridized carbons (Fsp3) is 0.0667. The molecule has 1 aromatic heterocycles. The number of halogens is 1. The second-order valence-electron chi connectivity index (χ2n) is 4.06. The van der Waals surface area contributed by atoms with Crippen LogP contribution in [0, 0.1) is 5.82 Å². The van der Waals surface area contributed by atoms with Crippen molar-refractivity contribution in [3.8, 4) is 0 Å².